The predicted molar refractivity (Wildman–Crippen MR) is 73.6 cm³/mol. The number of carbonyl (C=O) groups excluding carboxylic acids is 1. The van der Waals surface area contributed by atoms with Crippen molar-refractivity contribution < 1.29 is 9.18 Å². The topological polar surface area (TPSA) is 42.0 Å². The molecule has 0 saturated heterocycles. The molecule has 1 aromatic carbocycles. The van der Waals surface area contributed by atoms with Crippen LogP contribution in [0.1, 0.15) is 10.4 Å². The average Bonchev–Trinajstić information content (AvgIpc) is 2.35. The van der Waals surface area contributed by atoms with Crippen LogP contribution in [0.25, 0.3) is 0 Å². The lowest BCUT2D eigenvalue weighted by molar-refractivity contribution is 0.102. The van der Waals surface area contributed by atoms with Crippen LogP contribution in [0, 0.1) is 5.82 Å². The molecule has 0 aliphatic rings. The van der Waals surface area contributed by atoms with Gasteiger partial charge in [-0.2, -0.15) is 0 Å². The van der Waals surface area contributed by atoms with E-state index in [1.807, 2.05) is 0 Å². The Morgan fingerprint density at radius 3 is 2.42 bits per heavy atom. The normalized spacial score (nSPS) is 10.3. The first-order valence-electron chi connectivity index (χ1n) is 5.06. The lowest BCUT2D eigenvalue weighted by atomic mass is 10.2. The summed E-state index contributed by atoms with van der Waals surface area (Å²) in [5, 5.41) is 2.35. The van der Waals surface area contributed by atoms with Gasteiger partial charge in [-0.15, -0.1) is 0 Å². The molecular weight excluding hydrogens is 314 g/mol. The van der Waals surface area contributed by atoms with Crippen LogP contribution in [0.5, 0.6) is 0 Å². The maximum Gasteiger partial charge on any atom is 0.258 e. The van der Waals surface area contributed by atoms with E-state index >= 15 is 0 Å². The van der Waals surface area contributed by atoms with E-state index in [0.717, 1.165) is 0 Å². The van der Waals surface area contributed by atoms with Gasteiger partial charge < -0.3 is 5.32 Å². The first-order chi connectivity index (χ1) is 9.00. The molecule has 0 radical (unpaired) electrons. The Bertz CT molecular complexity index is 629. The van der Waals surface area contributed by atoms with Crippen LogP contribution >= 0.6 is 34.8 Å². The Kier molecular flexibility index (Phi) is 4.24. The molecule has 0 unspecified atom stereocenters. The average molecular weight is 320 g/mol. The maximum absolute atomic E-state index is 13.6. The third-order valence-electron chi connectivity index (χ3n) is 2.28. The van der Waals surface area contributed by atoms with Crippen molar-refractivity contribution in [1.82, 2.24) is 4.98 Å². The van der Waals surface area contributed by atoms with Gasteiger partial charge in [-0.25, -0.2) is 9.37 Å². The molecule has 1 heterocycles. The zero-order chi connectivity index (χ0) is 14.0. The van der Waals surface area contributed by atoms with E-state index in [4.69, 9.17) is 34.8 Å². The fourth-order valence-electron chi connectivity index (χ4n) is 1.41. The van der Waals surface area contributed by atoms with Crippen LogP contribution in [0.3, 0.4) is 0 Å². The molecule has 1 aromatic heterocycles. The van der Waals surface area contributed by atoms with Crippen molar-refractivity contribution in [2.24, 2.45) is 0 Å². The van der Waals surface area contributed by atoms with Crippen LogP contribution in [-0.2, 0) is 0 Å². The molecule has 0 spiro atoms. The Morgan fingerprint density at radius 1 is 1.16 bits per heavy atom. The molecule has 0 fully saturated rings. The number of anilines is 1. The number of hydrogen-bond acceptors (Lipinski definition) is 2. The van der Waals surface area contributed by atoms with E-state index < -0.39 is 11.7 Å². The Labute approximate surface area is 123 Å². The summed E-state index contributed by atoms with van der Waals surface area (Å²) < 4.78 is 13.6. The minimum Gasteiger partial charge on any atom is -0.319 e. The molecule has 2 rings (SSSR count). The fraction of sp³-hybridized carbons (Fsp3) is 0. The number of amides is 1. The van der Waals surface area contributed by atoms with Crippen molar-refractivity contribution >= 4 is 46.4 Å². The zero-order valence-electron chi connectivity index (χ0n) is 9.25. The molecule has 0 aliphatic heterocycles. The second-order valence-electron chi connectivity index (χ2n) is 3.51. The van der Waals surface area contributed by atoms with Gasteiger partial charge >= 0.3 is 0 Å². The van der Waals surface area contributed by atoms with Gasteiger partial charge in [0.2, 0.25) is 0 Å². The first kappa shape index (κ1) is 14.1. The van der Waals surface area contributed by atoms with Crippen LogP contribution in [0.2, 0.25) is 15.2 Å². The summed E-state index contributed by atoms with van der Waals surface area (Å²) in [5.41, 5.74) is -0.0286. The SMILES string of the molecule is O=C(Nc1ccnc(Cl)c1F)c1c(Cl)cccc1Cl. The lowest BCUT2D eigenvalue weighted by Gasteiger charge is -2.09. The summed E-state index contributed by atoms with van der Waals surface area (Å²) in [6, 6.07) is 5.91. The molecule has 0 atom stereocenters. The summed E-state index contributed by atoms with van der Waals surface area (Å²) in [5.74, 6) is -1.45. The molecule has 98 valence electrons. The number of pyridine rings is 1. The van der Waals surface area contributed by atoms with Crippen LogP contribution < -0.4 is 5.32 Å². The van der Waals surface area contributed by atoms with Gasteiger partial charge in [0.1, 0.15) is 0 Å². The van der Waals surface area contributed by atoms with Crippen molar-refractivity contribution in [2.45, 2.75) is 0 Å². The monoisotopic (exact) mass is 318 g/mol. The lowest BCUT2D eigenvalue weighted by Crippen LogP contribution is -2.14. The standard InChI is InChI=1S/C12H6Cl3FN2O/c13-6-2-1-3-7(14)9(6)12(19)18-8-4-5-17-11(15)10(8)16/h1-5H,(H,17,18,19). The number of aromatic nitrogens is 1. The van der Waals surface area contributed by atoms with Gasteiger partial charge in [-0.1, -0.05) is 40.9 Å². The minimum absolute atomic E-state index is 0.0677. The Morgan fingerprint density at radius 2 is 1.79 bits per heavy atom. The maximum atomic E-state index is 13.6. The molecule has 19 heavy (non-hydrogen) atoms. The highest BCUT2D eigenvalue weighted by Gasteiger charge is 2.17. The highest BCUT2D eigenvalue weighted by molar-refractivity contribution is 6.40. The van der Waals surface area contributed by atoms with E-state index in [-0.39, 0.29) is 26.4 Å². The van der Waals surface area contributed by atoms with Crippen LogP contribution in [0.4, 0.5) is 10.1 Å². The largest absolute Gasteiger partial charge is 0.319 e. The summed E-state index contributed by atoms with van der Waals surface area (Å²) in [6.45, 7) is 0. The zero-order valence-corrected chi connectivity index (χ0v) is 11.5. The van der Waals surface area contributed by atoms with E-state index in [2.05, 4.69) is 10.3 Å². The molecule has 1 amide bonds. The minimum atomic E-state index is -0.819. The predicted octanol–water partition coefficient (Wildman–Crippen LogP) is 4.43. The van der Waals surface area contributed by atoms with Gasteiger partial charge in [0, 0.05) is 6.20 Å². The van der Waals surface area contributed by atoms with Crippen molar-refractivity contribution in [3.8, 4) is 0 Å². The molecule has 3 nitrogen and oxygen atoms in total. The van der Waals surface area contributed by atoms with Gasteiger partial charge in [0.05, 0.1) is 21.3 Å². The molecule has 1 N–H and O–H groups in total. The Balaban J connectivity index is 2.34. The second-order valence-corrected chi connectivity index (χ2v) is 4.69. The number of nitrogens with zero attached hydrogens (tertiary/aromatic N) is 1. The fourth-order valence-corrected chi connectivity index (χ4v) is 2.14. The number of benzene rings is 1. The van der Waals surface area contributed by atoms with E-state index in [9.17, 15) is 9.18 Å². The van der Waals surface area contributed by atoms with E-state index in [0.29, 0.717) is 0 Å². The summed E-state index contributed by atoms with van der Waals surface area (Å²) in [6.07, 6.45) is 1.27. The third kappa shape index (κ3) is 2.97. The summed E-state index contributed by atoms with van der Waals surface area (Å²) >= 11 is 17.3. The molecule has 2 aromatic rings. The highest BCUT2D eigenvalue weighted by atomic mass is 35.5. The summed E-state index contributed by atoms with van der Waals surface area (Å²) in [4.78, 5) is 15.6. The van der Waals surface area contributed by atoms with Gasteiger partial charge in [-0.3, -0.25) is 4.79 Å². The van der Waals surface area contributed by atoms with Crippen molar-refractivity contribution in [2.75, 3.05) is 5.32 Å². The van der Waals surface area contributed by atoms with Crippen LogP contribution in [-0.4, -0.2) is 10.9 Å². The molecule has 0 saturated carbocycles. The van der Waals surface area contributed by atoms with Gasteiger partial charge in [-0.05, 0) is 18.2 Å². The summed E-state index contributed by atoms with van der Waals surface area (Å²) in [7, 11) is 0. The van der Waals surface area contributed by atoms with Crippen molar-refractivity contribution in [3.05, 3.63) is 57.0 Å². The van der Waals surface area contributed by atoms with Gasteiger partial charge in [0.25, 0.3) is 5.91 Å². The number of carbonyl (C=O) groups is 1. The smallest absolute Gasteiger partial charge is 0.258 e. The number of nitrogens with one attached hydrogen (secondary N) is 1. The molecule has 0 aliphatic carbocycles. The molecule has 7 heteroatoms. The van der Waals surface area contributed by atoms with Gasteiger partial charge in [0.15, 0.2) is 11.0 Å². The quantitative estimate of drug-likeness (QED) is 0.832. The first-order valence-corrected chi connectivity index (χ1v) is 6.19. The number of halogens is 4. The second kappa shape index (κ2) is 5.74. The number of hydrogen-bond donors (Lipinski definition) is 1. The van der Waals surface area contributed by atoms with E-state index in [1.54, 1.807) is 6.07 Å². The molecule has 0 bridgehead atoms. The van der Waals surface area contributed by atoms with Crippen molar-refractivity contribution in [3.63, 3.8) is 0 Å². The van der Waals surface area contributed by atoms with E-state index in [1.165, 1.54) is 24.4 Å². The van der Waals surface area contributed by atoms with Crippen LogP contribution in [0.15, 0.2) is 30.5 Å². The molecular formula is C12H6Cl3FN2O. The van der Waals surface area contributed by atoms with Crippen molar-refractivity contribution in [1.29, 1.82) is 0 Å². The highest BCUT2D eigenvalue weighted by Crippen LogP contribution is 2.26. The number of rotatable bonds is 2. The third-order valence-corrected chi connectivity index (χ3v) is 3.18. The Hall–Kier alpha value is -1.36.